The third-order valence-corrected chi connectivity index (χ3v) is 4.59. The van der Waals surface area contributed by atoms with E-state index in [0.717, 1.165) is 25.1 Å². The molecule has 0 aromatic heterocycles. The first-order chi connectivity index (χ1) is 8.35. The van der Waals surface area contributed by atoms with Crippen LogP contribution in [0.3, 0.4) is 0 Å². The quantitative estimate of drug-likeness (QED) is 0.794. The van der Waals surface area contributed by atoms with E-state index >= 15 is 0 Å². The van der Waals surface area contributed by atoms with Crippen LogP contribution < -0.4 is 5.32 Å². The van der Waals surface area contributed by atoms with Gasteiger partial charge in [0.05, 0.1) is 6.61 Å². The van der Waals surface area contributed by atoms with Crippen LogP contribution in [0.4, 0.5) is 0 Å². The van der Waals surface area contributed by atoms with Gasteiger partial charge in [0, 0.05) is 25.7 Å². The SMILES string of the molecule is CNC(COC)CN1CCCC2CCCCC21. The number of likely N-dealkylation sites (tertiary alicyclic amines) is 1. The maximum Gasteiger partial charge on any atom is 0.0628 e. The summed E-state index contributed by atoms with van der Waals surface area (Å²) in [4.78, 5) is 2.73. The molecule has 2 rings (SSSR count). The van der Waals surface area contributed by atoms with Gasteiger partial charge in [-0.15, -0.1) is 0 Å². The van der Waals surface area contributed by atoms with Gasteiger partial charge in [0.1, 0.15) is 0 Å². The van der Waals surface area contributed by atoms with Gasteiger partial charge in [-0.05, 0) is 45.2 Å². The van der Waals surface area contributed by atoms with Crippen molar-refractivity contribution in [3.8, 4) is 0 Å². The molecule has 1 saturated carbocycles. The smallest absolute Gasteiger partial charge is 0.0628 e. The number of ether oxygens (including phenoxy) is 1. The molecule has 0 aromatic carbocycles. The third-order valence-electron chi connectivity index (χ3n) is 4.59. The predicted octanol–water partition coefficient (Wildman–Crippen LogP) is 1.88. The minimum absolute atomic E-state index is 0.487. The van der Waals surface area contributed by atoms with E-state index in [-0.39, 0.29) is 0 Å². The molecule has 0 radical (unpaired) electrons. The van der Waals surface area contributed by atoms with Gasteiger partial charge >= 0.3 is 0 Å². The van der Waals surface area contributed by atoms with Crippen LogP contribution in [0.1, 0.15) is 38.5 Å². The molecule has 0 aromatic rings. The topological polar surface area (TPSA) is 24.5 Å². The van der Waals surface area contributed by atoms with E-state index in [1.807, 2.05) is 7.05 Å². The van der Waals surface area contributed by atoms with Crippen molar-refractivity contribution in [1.82, 2.24) is 10.2 Å². The fourth-order valence-electron chi connectivity index (χ4n) is 3.67. The predicted molar refractivity (Wildman–Crippen MR) is 71.3 cm³/mol. The maximum absolute atomic E-state index is 5.28. The largest absolute Gasteiger partial charge is 0.383 e. The third kappa shape index (κ3) is 3.43. The zero-order chi connectivity index (χ0) is 12.1. The summed E-state index contributed by atoms with van der Waals surface area (Å²) >= 11 is 0. The maximum atomic E-state index is 5.28. The summed E-state index contributed by atoms with van der Waals surface area (Å²) < 4.78 is 5.28. The first-order valence-electron chi connectivity index (χ1n) is 7.25. The number of fused-ring (bicyclic) bond motifs is 1. The van der Waals surface area contributed by atoms with E-state index < -0.39 is 0 Å². The Hall–Kier alpha value is -0.120. The lowest BCUT2D eigenvalue weighted by molar-refractivity contribution is 0.0426. The van der Waals surface area contributed by atoms with Crippen LogP contribution in [0.25, 0.3) is 0 Å². The number of hydrogen-bond acceptors (Lipinski definition) is 3. The van der Waals surface area contributed by atoms with Gasteiger partial charge in [-0.2, -0.15) is 0 Å². The van der Waals surface area contributed by atoms with E-state index in [1.165, 1.54) is 45.1 Å². The first kappa shape index (κ1) is 13.3. The van der Waals surface area contributed by atoms with Gasteiger partial charge in [0.2, 0.25) is 0 Å². The molecular formula is C14H28N2O. The Morgan fingerprint density at radius 2 is 2.00 bits per heavy atom. The lowest BCUT2D eigenvalue weighted by Gasteiger charge is -2.45. The zero-order valence-corrected chi connectivity index (χ0v) is 11.5. The Bertz CT molecular complexity index is 220. The van der Waals surface area contributed by atoms with Gasteiger partial charge in [-0.3, -0.25) is 4.90 Å². The molecule has 1 aliphatic carbocycles. The van der Waals surface area contributed by atoms with Gasteiger partial charge in [0.25, 0.3) is 0 Å². The molecule has 0 bridgehead atoms. The lowest BCUT2D eigenvalue weighted by Crippen LogP contribution is -2.52. The monoisotopic (exact) mass is 240 g/mol. The number of piperidine rings is 1. The minimum atomic E-state index is 0.487. The zero-order valence-electron chi connectivity index (χ0n) is 11.5. The molecule has 2 fully saturated rings. The average molecular weight is 240 g/mol. The molecule has 1 aliphatic heterocycles. The highest BCUT2D eigenvalue weighted by atomic mass is 16.5. The van der Waals surface area contributed by atoms with E-state index in [0.29, 0.717) is 6.04 Å². The lowest BCUT2D eigenvalue weighted by atomic mass is 9.78. The standard InChI is InChI=1S/C14H28N2O/c1-15-13(11-17-2)10-16-9-5-7-12-6-3-4-8-14(12)16/h12-15H,3-11H2,1-2H3. The summed E-state index contributed by atoms with van der Waals surface area (Å²) in [6.07, 6.45) is 8.65. The first-order valence-corrected chi connectivity index (χ1v) is 7.25. The second kappa shape index (κ2) is 6.72. The van der Waals surface area contributed by atoms with Crippen LogP contribution in [0, 0.1) is 5.92 Å². The van der Waals surface area contributed by atoms with Crippen molar-refractivity contribution >= 4 is 0 Å². The molecule has 1 N–H and O–H groups in total. The van der Waals surface area contributed by atoms with Gasteiger partial charge in [-0.25, -0.2) is 0 Å². The molecule has 17 heavy (non-hydrogen) atoms. The van der Waals surface area contributed by atoms with Crippen molar-refractivity contribution in [2.24, 2.45) is 5.92 Å². The summed E-state index contributed by atoms with van der Waals surface area (Å²) in [5, 5.41) is 3.38. The molecule has 0 spiro atoms. The second-order valence-corrected chi connectivity index (χ2v) is 5.69. The molecule has 3 heteroatoms. The number of rotatable bonds is 5. The summed E-state index contributed by atoms with van der Waals surface area (Å²) in [5.74, 6) is 0.984. The van der Waals surface area contributed by atoms with Gasteiger partial charge < -0.3 is 10.1 Å². The van der Waals surface area contributed by atoms with Crippen LogP contribution >= 0.6 is 0 Å². The molecule has 100 valence electrons. The normalized spacial score (nSPS) is 32.1. The Balaban J connectivity index is 1.89. The van der Waals surface area contributed by atoms with Crippen LogP contribution in [-0.2, 0) is 4.74 Å². The van der Waals surface area contributed by atoms with Crippen LogP contribution in [0.15, 0.2) is 0 Å². The Kier molecular flexibility index (Phi) is 5.26. The number of nitrogens with one attached hydrogen (secondary N) is 1. The van der Waals surface area contributed by atoms with Crippen molar-refractivity contribution in [2.45, 2.75) is 50.6 Å². The molecule has 3 nitrogen and oxygen atoms in total. The second-order valence-electron chi connectivity index (χ2n) is 5.69. The summed E-state index contributed by atoms with van der Waals surface area (Å²) in [6, 6.07) is 1.35. The molecule has 3 unspecified atom stereocenters. The summed E-state index contributed by atoms with van der Waals surface area (Å²) in [7, 11) is 3.84. The summed E-state index contributed by atoms with van der Waals surface area (Å²) in [6.45, 7) is 3.28. The Morgan fingerprint density at radius 1 is 1.24 bits per heavy atom. The molecule has 3 atom stereocenters. The van der Waals surface area contributed by atoms with Crippen molar-refractivity contribution < 1.29 is 4.74 Å². The highest BCUT2D eigenvalue weighted by molar-refractivity contribution is 4.88. The van der Waals surface area contributed by atoms with Gasteiger partial charge in [0.15, 0.2) is 0 Å². The highest BCUT2D eigenvalue weighted by Gasteiger charge is 2.33. The van der Waals surface area contributed by atoms with Crippen molar-refractivity contribution in [1.29, 1.82) is 0 Å². The molecule has 0 amide bonds. The van der Waals surface area contributed by atoms with E-state index in [2.05, 4.69) is 10.2 Å². The van der Waals surface area contributed by atoms with Crippen molar-refractivity contribution in [2.75, 3.05) is 33.9 Å². The average Bonchev–Trinajstić information content (AvgIpc) is 2.38. The highest BCUT2D eigenvalue weighted by Crippen LogP contribution is 2.35. The van der Waals surface area contributed by atoms with E-state index in [4.69, 9.17) is 4.74 Å². The minimum Gasteiger partial charge on any atom is -0.383 e. The van der Waals surface area contributed by atoms with Gasteiger partial charge in [-0.1, -0.05) is 12.8 Å². The van der Waals surface area contributed by atoms with E-state index in [1.54, 1.807) is 7.11 Å². The molecule has 1 heterocycles. The van der Waals surface area contributed by atoms with E-state index in [9.17, 15) is 0 Å². The summed E-state index contributed by atoms with van der Waals surface area (Å²) in [5.41, 5.74) is 0. The molecular weight excluding hydrogens is 212 g/mol. The Labute approximate surface area is 106 Å². The fourth-order valence-corrected chi connectivity index (χ4v) is 3.67. The fraction of sp³-hybridized carbons (Fsp3) is 1.00. The molecule has 2 aliphatic rings. The van der Waals surface area contributed by atoms with Crippen molar-refractivity contribution in [3.05, 3.63) is 0 Å². The van der Waals surface area contributed by atoms with Crippen LogP contribution in [-0.4, -0.2) is 50.8 Å². The Morgan fingerprint density at radius 3 is 2.76 bits per heavy atom. The number of nitrogens with zero attached hydrogens (tertiary/aromatic N) is 1. The molecule has 1 saturated heterocycles. The number of hydrogen-bond donors (Lipinski definition) is 1. The number of likely N-dealkylation sites (N-methyl/N-ethyl adjacent to an activating group) is 1. The van der Waals surface area contributed by atoms with Crippen LogP contribution in [0.2, 0.25) is 0 Å². The number of methoxy groups -OCH3 is 1. The van der Waals surface area contributed by atoms with Crippen LogP contribution in [0.5, 0.6) is 0 Å². The van der Waals surface area contributed by atoms with Crippen molar-refractivity contribution in [3.63, 3.8) is 0 Å².